The van der Waals surface area contributed by atoms with E-state index in [2.05, 4.69) is 20.8 Å². The predicted molar refractivity (Wildman–Crippen MR) is 51.2 cm³/mol. The zero-order chi connectivity index (χ0) is 8.20. The van der Waals surface area contributed by atoms with Crippen molar-refractivity contribution < 1.29 is 4.74 Å². The Morgan fingerprint density at radius 2 is 1.82 bits per heavy atom. The molecule has 0 amide bonds. The van der Waals surface area contributed by atoms with Crippen LogP contribution in [0.25, 0.3) is 0 Å². The molecule has 0 aliphatic heterocycles. The van der Waals surface area contributed by atoms with Gasteiger partial charge in [0.1, 0.15) is 0 Å². The standard InChI is InChI=1S/C8H19NO.ClH/c1-5-10-6-7(9)8(2,3)4;/h7H,5-6,9H2,1-4H3;1H/t7-;/m1./s1. The lowest BCUT2D eigenvalue weighted by molar-refractivity contribution is 0.0997. The van der Waals surface area contributed by atoms with Gasteiger partial charge in [0.05, 0.1) is 6.61 Å². The van der Waals surface area contributed by atoms with Crippen LogP contribution >= 0.6 is 12.4 Å². The number of hydrogen-bond donors (Lipinski definition) is 1. The first kappa shape index (κ1) is 13.8. The first-order valence-electron chi connectivity index (χ1n) is 3.81. The third kappa shape index (κ3) is 6.60. The zero-order valence-electron chi connectivity index (χ0n) is 7.89. The molecule has 0 aromatic carbocycles. The highest BCUT2D eigenvalue weighted by atomic mass is 35.5. The van der Waals surface area contributed by atoms with E-state index in [0.717, 1.165) is 6.61 Å². The van der Waals surface area contributed by atoms with Gasteiger partial charge in [0.25, 0.3) is 0 Å². The Bertz CT molecular complexity index is 90.6. The summed E-state index contributed by atoms with van der Waals surface area (Å²) in [4.78, 5) is 0. The molecule has 0 rings (SSSR count). The highest BCUT2D eigenvalue weighted by Crippen LogP contribution is 2.16. The summed E-state index contributed by atoms with van der Waals surface area (Å²) in [6.07, 6.45) is 0. The maximum Gasteiger partial charge on any atom is 0.0622 e. The molecule has 2 N–H and O–H groups in total. The summed E-state index contributed by atoms with van der Waals surface area (Å²) in [6, 6.07) is 0.146. The van der Waals surface area contributed by atoms with E-state index in [4.69, 9.17) is 10.5 Å². The van der Waals surface area contributed by atoms with Gasteiger partial charge in [-0.25, -0.2) is 0 Å². The first-order valence-corrected chi connectivity index (χ1v) is 3.81. The summed E-state index contributed by atoms with van der Waals surface area (Å²) in [7, 11) is 0. The first-order chi connectivity index (χ1) is 4.48. The molecule has 0 radical (unpaired) electrons. The Kier molecular flexibility index (Phi) is 7.28. The van der Waals surface area contributed by atoms with Crippen molar-refractivity contribution in [2.45, 2.75) is 33.7 Å². The molecule has 0 bridgehead atoms. The van der Waals surface area contributed by atoms with Crippen LogP contribution in [0, 0.1) is 5.41 Å². The molecule has 1 atom stereocenters. The van der Waals surface area contributed by atoms with Gasteiger partial charge in [0, 0.05) is 12.6 Å². The fourth-order valence-corrected chi connectivity index (χ4v) is 0.495. The molecule has 2 nitrogen and oxygen atoms in total. The molecule has 0 aliphatic carbocycles. The minimum absolute atomic E-state index is 0. The van der Waals surface area contributed by atoms with E-state index >= 15 is 0 Å². The third-order valence-corrected chi connectivity index (χ3v) is 1.61. The second kappa shape index (κ2) is 5.81. The Morgan fingerprint density at radius 1 is 1.36 bits per heavy atom. The average molecular weight is 182 g/mol. The number of halogens is 1. The van der Waals surface area contributed by atoms with Crippen molar-refractivity contribution in [3.8, 4) is 0 Å². The molecule has 0 saturated carbocycles. The van der Waals surface area contributed by atoms with Gasteiger partial charge < -0.3 is 10.5 Å². The van der Waals surface area contributed by atoms with Crippen molar-refractivity contribution in [3.05, 3.63) is 0 Å². The van der Waals surface area contributed by atoms with Gasteiger partial charge in [-0.1, -0.05) is 20.8 Å². The minimum Gasteiger partial charge on any atom is -0.380 e. The van der Waals surface area contributed by atoms with Crippen molar-refractivity contribution >= 4 is 12.4 Å². The molecule has 0 aromatic rings. The van der Waals surface area contributed by atoms with Crippen molar-refractivity contribution in [2.24, 2.45) is 11.1 Å². The Labute approximate surface area is 75.9 Å². The van der Waals surface area contributed by atoms with Crippen molar-refractivity contribution in [1.29, 1.82) is 0 Å². The fourth-order valence-electron chi connectivity index (χ4n) is 0.495. The van der Waals surface area contributed by atoms with E-state index in [0.29, 0.717) is 6.61 Å². The smallest absolute Gasteiger partial charge is 0.0622 e. The molecule has 11 heavy (non-hydrogen) atoms. The molecule has 0 aromatic heterocycles. The second-order valence-corrected chi connectivity index (χ2v) is 3.63. The summed E-state index contributed by atoms with van der Waals surface area (Å²) in [5.41, 5.74) is 5.97. The number of nitrogens with two attached hydrogens (primary N) is 1. The third-order valence-electron chi connectivity index (χ3n) is 1.61. The van der Waals surface area contributed by atoms with Gasteiger partial charge in [-0.2, -0.15) is 0 Å². The molecular weight excluding hydrogens is 162 g/mol. The summed E-state index contributed by atoms with van der Waals surface area (Å²) in [5.74, 6) is 0. The van der Waals surface area contributed by atoms with Crippen LogP contribution in [0.1, 0.15) is 27.7 Å². The molecule has 3 heteroatoms. The van der Waals surface area contributed by atoms with Crippen LogP contribution in [0.3, 0.4) is 0 Å². The van der Waals surface area contributed by atoms with Crippen LogP contribution < -0.4 is 5.73 Å². The Morgan fingerprint density at radius 3 is 2.09 bits per heavy atom. The van der Waals surface area contributed by atoms with Gasteiger partial charge in [0.2, 0.25) is 0 Å². The summed E-state index contributed by atoms with van der Waals surface area (Å²) >= 11 is 0. The van der Waals surface area contributed by atoms with E-state index < -0.39 is 0 Å². The van der Waals surface area contributed by atoms with Crippen LogP contribution in [0.5, 0.6) is 0 Å². The minimum atomic E-state index is 0. The Hall–Kier alpha value is 0.210. The van der Waals surface area contributed by atoms with Gasteiger partial charge in [-0.3, -0.25) is 0 Å². The summed E-state index contributed by atoms with van der Waals surface area (Å²) in [5, 5.41) is 0. The lowest BCUT2D eigenvalue weighted by Crippen LogP contribution is -2.39. The van der Waals surface area contributed by atoms with Gasteiger partial charge >= 0.3 is 0 Å². The lowest BCUT2D eigenvalue weighted by Gasteiger charge is -2.26. The number of ether oxygens (including phenoxy) is 1. The molecular formula is C8H20ClNO. The van der Waals surface area contributed by atoms with E-state index in [1.165, 1.54) is 0 Å². The maximum atomic E-state index is 5.81. The monoisotopic (exact) mass is 181 g/mol. The van der Waals surface area contributed by atoms with Crippen molar-refractivity contribution in [3.63, 3.8) is 0 Å². The average Bonchev–Trinajstić information content (AvgIpc) is 1.80. The molecule has 70 valence electrons. The molecule has 0 aliphatic rings. The normalized spacial score (nSPS) is 13.9. The second-order valence-electron chi connectivity index (χ2n) is 3.63. The summed E-state index contributed by atoms with van der Waals surface area (Å²) < 4.78 is 5.20. The zero-order valence-corrected chi connectivity index (χ0v) is 8.70. The topological polar surface area (TPSA) is 35.2 Å². The predicted octanol–water partition coefficient (Wildman–Crippen LogP) is 1.82. The molecule has 0 saturated heterocycles. The molecule has 0 spiro atoms. The maximum absolute atomic E-state index is 5.81. The van der Waals surface area contributed by atoms with E-state index in [1.807, 2.05) is 6.92 Å². The SMILES string of the molecule is CCOC[C@@H](N)C(C)(C)C.Cl. The van der Waals surface area contributed by atoms with E-state index in [9.17, 15) is 0 Å². The fraction of sp³-hybridized carbons (Fsp3) is 1.00. The van der Waals surface area contributed by atoms with E-state index in [1.54, 1.807) is 0 Å². The van der Waals surface area contributed by atoms with Crippen LogP contribution in [-0.2, 0) is 4.74 Å². The summed E-state index contributed by atoms with van der Waals surface area (Å²) in [6.45, 7) is 9.77. The molecule has 0 unspecified atom stereocenters. The quantitative estimate of drug-likeness (QED) is 0.721. The van der Waals surface area contributed by atoms with Crippen molar-refractivity contribution in [2.75, 3.05) is 13.2 Å². The highest BCUT2D eigenvalue weighted by Gasteiger charge is 2.19. The largest absolute Gasteiger partial charge is 0.380 e. The van der Waals surface area contributed by atoms with Crippen LogP contribution in [-0.4, -0.2) is 19.3 Å². The molecule has 0 heterocycles. The highest BCUT2D eigenvalue weighted by molar-refractivity contribution is 5.85. The van der Waals surface area contributed by atoms with Gasteiger partial charge in [-0.15, -0.1) is 12.4 Å². The number of rotatable bonds is 3. The van der Waals surface area contributed by atoms with Crippen LogP contribution in [0.15, 0.2) is 0 Å². The van der Waals surface area contributed by atoms with Crippen LogP contribution in [0.2, 0.25) is 0 Å². The van der Waals surface area contributed by atoms with E-state index in [-0.39, 0.29) is 23.9 Å². The van der Waals surface area contributed by atoms with Crippen LogP contribution in [0.4, 0.5) is 0 Å². The Balaban J connectivity index is 0. The van der Waals surface area contributed by atoms with Crippen molar-refractivity contribution in [1.82, 2.24) is 0 Å². The number of hydrogen-bond acceptors (Lipinski definition) is 2. The lowest BCUT2D eigenvalue weighted by atomic mass is 9.88. The van der Waals surface area contributed by atoms with Gasteiger partial charge in [-0.05, 0) is 12.3 Å². The van der Waals surface area contributed by atoms with Gasteiger partial charge in [0.15, 0.2) is 0 Å². The molecule has 0 fully saturated rings.